The largest absolute Gasteiger partial charge is 0.380 e. The number of fused-ring (bicyclic) bond motifs is 3. The molecule has 2 fully saturated rings. The van der Waals surface area contributed by atoms with E-state index in [1.807, 2.05) is 18.2 Å². The molecule has 4 aromatic rings. The molecule has 3 aromatic carbocycles. The number of carbonyl (C=O) groups excluding carboxylic acids is 1. The fraction of sp³-hybridized carbons (Fsp3) is 0.290. The van der Waals surface area contributed by atoms with Crippen molar-refractivity contribution in [3.05, 3.63) is 94.7 Å². The number of H-pyrrole nitrogens is 1. The van der Waals surface area contributed by atoms with Gasteiger partial charge in [-0.2, -0.15) is 5.10 Å². The van der Waals surface area contributed by atoms with Crippen molar-refractivity contribution in [1.29, 1.82) is 0 Å². The summed E-state index contributed by atoms with van der Waals surface area (Å²) in [7, 11) is 0. The number of rotatable bonds is 5. The fourth-order valence-corrected chi connectivity index (χ4v) is 6.08. The van der Waals surface area contributed by atoms with Gasteiger partial charge in [-0.3, -0.25) is 14.8 Å². The van der Waals surface area contributed by atoms with Gasteiger partial charge in [0.15, 0.2) is 0 Å². The van der Waals surface area contributed by atoms with Crippen molar-refractivity contribution in [2.45, 2.75) is 30.7 Å². The van der Waals surface area contributed by atoms with E-state index in [1.54, 1.807) is 0 Å². The minimum Gasteiger partial charge on any atom is -0.380 e. The SMILES string of the molecule is O=C1Nc2ccccc2[C@]12C[C@H]2c1ccc2c(C=Cc3ccc(CN4CCCOCC4)cc3)n[nH]c2c1. The number of hydrogen-bond donors (Lipinski definition) is 2. The summed E-state index contributed by atoms with van der Waals surface area (Å²) in [6.45, 7) is 4.76. The number of ether oxygens (including phenoxy) is 1. The Morgan fingerprint density at radius 3 is 2.84 bits per heavy atom. The molecule has 7 rings (SSSR count). The predicted octanol–water partition coefficient (Wildman–Crippen LogP) is 5.33. The van der Waals surface area contributed by atoms with Crippen molar-refractivity contribution in [3.8, 4) is 0 Å². The average Bonchev–Trinajstić information content (AvgIpc) is 3.55. The molecule has 37 heavy (non-hydrogen) atoms. The highest BCUT2D eigenvalue weighted by Crippen LogP contribution is 2.64. The van der Waals surface area contributed by atoms with Crippen molar-refractivity contribution in [2.75, 3.05) is 31.6 Å². The highest BCUT2D eigenvalue weighted by molar-refractivity contribution is 6.09. The molecule has 1 amide bonds. The molecule has 2 aliphatic heterocycles. The van der Waals surface area contributed by atoms with Gasteiger partial charge in [0, 0.05) is 43.2 Å². The van der Waals surface area contributed by atoms with Crippen LogP contribution in [-0.4, -0.2) is 47.3 Å². The molecule has 6 nitrogen and oxygen atoms in total. The third-order valence-electron chi connectivity index (χ3n) is 8.18. The first kappa shape index (κ1) is 22.5. The van der Waals surface area contributed by atoms with E-state index in [1.165, 1.54) is 11.1 Å². The molecule has 186 valence electrons. The molecule has 3 aliphatic rings. The Bertz CT molecular complexity index is 1500. The summed E-state index contributed by atoms with van der Waals surface area (Å²) < 4.78 is 5.56. The van der Waals surface area contributed by atoms with Crippen molar-refractivity contribution in [3.63, 3.8) is 0 Å². The van der Waals surface area contributed by atoms with Gasteiger partial charge in [-0.15, -0.1) is 0 Å². The normalized spacial score (nSPS) is 23.5. The molecule has 2 atom stereocenters. The van der Waals surface area contributed by atoms with Crippen molar-refractivity contribution in [2.24, 2.45) is 0 Å². The summed E-state index contributed by atoms with van der Waals surface area (Å²) in [6.07, 6.45) is 6.14. The van der Waals surface area contributed by atoms with Crippen molar-refractivity contribution >= 4 is 34.6 Å². The standard InChI is InChI=1S/C31H30N4O2/c36-30-31(25-4-1-2-5-28(25)32-30)19-26(31)23-11-12-24-27(33-34-29(24)18-23)13-10-21-6-8-22(9-7-21)20-35-14-3-16-37-17-15-35/h1-2,4-13,18,26H,3,14-17,19-20H2,(H,32,36)(H,33,34)/t26-,31-/m0/s1. The van der Waals surface area contributed by atoms with Gasteiger partial charge in [-0.25, -0.2) is 0 Å². The molecule has 1 saturated carbocycles. The summed E-state index contributed by atoms with van der Waals surface area (Å²) in [5.41, 5.74) is 7.26. The molecule has 1 aliphatic carbocycles. The Balaban J connectivity index is 1.06. The van der Waals surface area contributed by atoms with Crippen LogP contribution in [-0.2, 0) is 21.5 Å². The van der Waals surface area contributed by atoms with Crippen LogP contribution < -0.4 is 5.32 Å². The van der Waals surface area contributed by atoms with Gasteiger partial charge in [-0.1, -0.05) is 60.7 Å². The number of aromatic nitrogens is 2. The van der Waals surface area contributed by atoms with Crippen molar-refractivity contribution < 1.29 is 9.53 Å². The maximum atomic E-state index is 12.9. The van der Waals surface area contributed by atoms with E-state index in [0.29, 0.717) is 0 Å². The van der Waals surface area contributed by atoms with E-state index >= 15 is 0 Å². The van der Waals surface area contributed by atoms with Crippen molar-refractivity contribution in [1.82, 2.24) is 15.1 Å². The van der Waals surface area contributed by atoms with Gasteiger partial charge in [0.05, 0.1) is 23.2 Å². The second kappa shape index (κ2) is 8.98. The maximum Gasteiger partial charge on any atom is 0.235 e. The van der Waals surface area contributed by atoms with E-state index < -0.39 is 5.41 Å². The summed E-state index contributed by atoms with van der Waals surface area (Å²) in [5, 5.41) is 11.9. The number of amides is 1. The van der Waals surface area contributed by atoms with Crippen LogP contribution in [0, 0.1) is 0 Å². The molecule has 3 heterocycles. The van der Waals surface area contributed by atoms with Gasteiger partial charge < -0.3 is 10.1 Å². The topological polar surface area (TPSA) is 70.2 Å². The minimum absolute atomic E-state index is 0.124. The molecule has 0 bridgehead atoms. The second-order valence-electron chi connectivity index (χ2n) is 10.5. The van der Waals surface area contributed by atoms with Crippen LogP contribution in [0.2, 0.25) is 0 Å². The molecule has 2 N–H and O–H groups in total. The molecule has 1 spiro atoms. The lowest BCUT2D eigenvalue weighted by Gasteiger charge is -2.19. The molecule has 0 radical (unpaired) electrons. The maximum absolute atomic E-state index is 12.9. The van der Waals surface area contributed by atoms with Crippen LogP contribution >= 0.6 is 0 Å². The Kier molecular flexibility index (Phi) is 5.45. The first-order valence-corrected chi connectivity index (χ1v) is 13.2. The van der Waals surface area contributed by atoms with Crippen LogP contribution in [0.15, 0.2) is 66.7 Å². The van der Waals surface area contributed by atoms with Gasteiger partial charge in [-0.05, 0) is 53.3 Å². The first-order chi connectivity index (χ1) is 18.2. The number of carbonyl (C=O) groups is 1. The Labute approximate surface area is 216 Å². The number of benzene rings is 3. The zero-order valence-electron chi connectivity index (χ0n) is 20.7. The number of hydrogen-bond acceptors (Lipinski definition) is 4. The molecular weight excluding hydrogens is 460 g/mol. The Morgan fingerprint density at radius 1 is 1.03 bits per heavy atom. The first-order valence-electron chi connectivity index (χ1n) is 13.2. The lowest BCUT2D eigenvalue weighted by Crippen LogP contribution is -2.25. The fourth-order valence-electron chi connectivity index (χ4n) is 6.08. The smallest absolute Gasteiger partial charge is 0.235 e. The second-order valence-corrected chi connectivity index (χ2v) is 10.5. The highest BCUT2D eigenvalue weighted by atomic mass is 16.5. The van der Waals surface area contributed by atoms with Gasteiger partial charge in [0.25, 0.3) is 0 Å². The highest BCUT2D eigenvalue weighted by Gasteiger charge is 2.65. The minimum atomic E-state index is -0.416. The summed E-state index contributed by atoms with van der Waals surface area (Å²) in [5.74, 6) is 0.321. The Morgan fingerprint density at radius 2 is 1.92 bits per heavy atom. The number of aromatic amines is 1. The number of para-hydroxylation sites is 1. The van der Waals surface area contributed by atoms with E-state index in [-0.39, 0.29) is 11.8 Å². The molecule has 1 saturated heterocycles. The lowest BCUT2D eigenvalue weighted by molar-refractivity contribution is -0.118. The van der Waals surface area contributed by atoms with Crippen LogP contribution in [0.4, 0.5) is 5.69 Å². The molecule has 0 unspecified atom stereocenters. The van der Waals surface area contributed by atoms with Gasteiger partial charge in [0.2, 0.25) is 5.91 Å². The number of nitrogens with zero attached hydrogens (tertiary/aromatic N) is 2. The van der Waals surface area contributed by atoms with Crippen LogP contribution in [0.5, 0.6) is 0 Å². The quantitative estimate of drug-likeness (QED) is 0.397. The zero-order chi connectivity index (χ0) is 24.8. The van der Waals surface area contributed by atoms with Crippen LogP contribution in [0.1, 0.15) is 46.7 Å². The Hall–Kier alpha value is -3.74. The van der Waals surface area contributed by atoms with Gasteiger partial charge >= 0.3 is 0 Å². The third kappa shape index (κ3) is 3.97. The molecule has 1 aromatic heterocycles. The van der Waals surface area contributed by atoms with Crippen LogP contribution in [0.3, 0.4) is 0 Å². The lowest BCUT2D eigenvalue weighted by atomic mass is 9.92. The average molecular weight is 491 g/mol. The monoisotopic (exact) mass is 490 g/mol. The summed E-state index contributed by atoms with van der Waals surface area (Å²) >= 11 is 0. The summed E-state index contributed by atoms with van der Waals surface area (Å²) in [6, 6.07) is 23.3. The van der Waals surface area contributed by atoms with Gasteiger partial charge in [0.1, 0.15) is 0 Å². The predicted molar refractivity (Wildman–Crippen MR) is 146 cm³/mol. The third-order valence-corrected chi connectivity index (χ3v) is 8.18. The van der Waals surface area contributed by atoms with E-state index in [2.05, 4.69) is 81.1 Å². The molecular formula is C31H30N4O2. The van der Waals surface area contributed by atoms with E-state index in [0.717, 1.165) is 79.1 Å². The number of anilines is 1. The number of nitrogens with one attached hydrogen (secondary N) is 2. The zero-order valence-corrected chi connectivity index (χ0v) is 20.7. The van der Waals surface area contributed by atoms with E-state index in [9.17, 15) is 4.79 Å². The summed E-state index contributed by atoms with van der Waals surface area (Å²) in [4.78, 5) is 15.3. The van der Waals surface area contributed by atoms with E-state index in [4.69, 9.17) is 4.74 Å². The molecule has 6 heteroatoms. The van der Waals surface area contributed by atoms with Crippen LogP contribution in [0.25, 0.3) is 23.1 Å².